The molecule has 0 N–H and O–H groups in total. The maximum absolute atomic E-state index is 12.9. The maximum atomic E-state index is 12.9. The van der Waals surface area contributed by atoms with E-state index in [1.54, 1.807) is 13.0 Å². The fraction of sp³-hybridized carbons (Fsp3) is 0.462. The van der Waals surface area contributed by atoms with Gasteiger partial charge in [-0.1, -0.05) is 18.2 Å². The second kappa shape index (κ2) is 5.44. The van der Waals surface area contributed by atoms with Crippen molar-refractivity contribution in [1.82, 2.24) is 0 Å². The van der Waals surface area contributed by atoms with Crippen LogP contribution in [0.1, 0.15) is 36.1 Å². The Bertz CT molecular complexity index is 446. The van der Waals surface area contributed by atoms with Gasteiger partial charge < -0.3 is 9.47 Å². The van der Waals surface area contributed by atoms with Crippen molar-refractivity contribution in [2.24, 2.45) is 0 Å². The van der Waals surface area contributed by atoms with E-state index in [4.69, 9.17) is 9.47 Å². The molecule has 0 saturated carbocycles. The van der Waals surface area contributed by atoms with Crippen LogP contribution in [0.3, 0.4) is 0 Å². The Kier molecular flexibility index (Phi) is 3.91. The van der Waals surface area contributed by atoms with E-state index in [9.17, 15) is 13.6 Å². The van der Waals surface area contributed by atoms with Crippen molar-refractivity contribution in [3.63, 3.8) is 0 Å². The molecular formula is C13H14F2O3. The van der Waals surface area contributed by atoms with Crippen LogP contribution in [0.25, 0.3) is 0 Å². The Hall–Kier alpha value is -1.49. The van der Waals surface area contributed by atoms with Crippen molar-refractivity contribution in [1.29, 1.82) is 0 Å². The highest BCUT2D eigenvalue weighted by atomic mass is 19.3. The Morgan fingerprint density at radius 1 is 1.56 bits per heavy atom. The number of halogens is 2. The lowest BCUT2D eigenvalue weighted by Gasteiger charge is -2.26. The molecule has 1 heterocycles. The van der Waals surface area contributed by atoms with Crippen molar-refractivity contribution in [2.45, 2.75) is 25.9 Å². The fourth-order valence-electron chi connectivity index (χ4n) is 2.14. The third-order valence-electron chi connectivity index (χ3n) is 2.90. The predicted octanol–water partition coefficient (Wildman–Crippen LogP) is 2.80. The highest BCUT2D eigenvalue weighted by Crippen LogP contribution is 2.34. The summed E-state index contributed by atoms with van der Waals surface area (Å²) in [7, 11) is 0. The largest absolute Gasteiger partial charge is 0.464 e. The average Bonchev–Trinajstić information content (AvgIpc) is 2.37. The van der Waals surface area contributed by atoms with E-state index in [2.05, 4.69) is 0 Å². The van der Waals surface area contributed by atoms with E-state index in [-0.39, 0.29) is 18.8 Å². The molecule has 1 unspecified atom stereocenters. The number of ether oxygens (including phenoxy) is 2. The lowest BCUT2D eigenvalue weighted by Crippen LogP contribution is -2.26. The summed E-state index contributed by atoms with van der Waals surface area (Å²) in [4.78, 5) is 11.7. The average molecular weight is 256 g/mol. The van der Waals surface area contributed by atoms with Crippen molar-refractivity contribution in [3.8, 4) is 0 Å². The van der Waals surface area contributed by atoms with Gasteiger partial charge in [0.05, 0.1) is 13.2 Å². The molecule has 98 valence electrons. The molecule has 1 aromatic rings. The van der Waals surface area contributed by atoms with Crippen LogP contribution >= 0.6 is 0 Å². The summed E-state index contributed by atoms with van der Waals surface area (Å²) in [6, 6.07) is 4.54. The zero-order valence-corrected chi connectivity index (χ0v) is 9.99. The molecule has 0 radical (unpaired) electrons. The quantitative estimate of drug-likeness (QED) is 0.780. The molecule has 0 spiro atoms. The lowest BCUT2D eigenvalue weighted by molar-refractivity contribution is -0.158. The number of carbonyl (C=O) groups excluding carboxylic acids is 1. The highest BCUT2D eigenvalue weighted by molar-refractivity contribution is 5.77. The molecule has 3 nitrogen and oxygen atoms in total. The Morgan fingerprint density at radius 2 is 2.33 bits per heavy atom. The van der Waals surface area contributed by atoms with E-state index in [1.165, 1.54) is 12.1 Å². The van der Waals surface area contributed by atoms with Crippen LogP contribution in [0.4, 0.5) is 8.78 Å². The molecule has 1 aromatic carbocycles. The molecule has 18 heavy (non-hydrogen) atoms. The first-order valence-electron chi connectivity index (χ1n) is 5.83. The van der Waals surface area contributed by atoms with Gasteiger partial charge in [-0.15, -0.1) is 0 Å². The molecule has 0 bridgehead atoms. The molecule has 0 amide bonds. The van der Waals surface area contributed by atoms with E-state index in [0.717, 1.165) is 0 Å². The summed E-state index contributed by atoms with van der Waals surface area (Å²) in [6.45, 7) is 2.18. The van der Waals surface area contributed by atoms with Crippen LogP contribution in [0.2, 0.25) is 0 Å². The van der Waals surface area contributed by atoms with Gasteiger partial charge in [-0.05, 0) is 24.5 Å². The number of rotatable bonds is 3. The van der Waals surface area contributed by atoms with Gasteiger partial charge >= 0.3 is 5.97 Å². The molecule has 0 aliphatic carbocycles. The summed E-state index contributed by atoms with van der Waals surface area (Å²) in [5.41, 5.74) is 0.986. The third-order valence-corrected chi connectivity index (χ3v) is 2.90. The first-order valence-corrected chi connectivity index (χ1v) is 5.83. The molecule has 0 aromatic heterocycles. The van der Waals surface area contributed by atoms with E-state index < -0.39 is 18.5 Å². The van der Waals surface area contributed by atoms with Crippen molar-refractivity contribution < 1.29 is 23.0 Å². The van der Waals surface area contributed by atoms with Gasteiger partial charge in [0, 0.05) is 5.56 Å². The Morgan fingerprint density at radius 3 is 3.00 bits per heavy atom. The predicted molar refractivity (Wildman–Crippen MR) is 60.4 cm³/mol. The van der Waals surface area contributed by atoms with Gasteiger partial charge in [-0.3, -0.25) is 0 Å². The zero-order valence-electron chi connectivity index (χ0n) is 9.99. The van der Waals surface area contributed by atoms with Gasteiger partial charge in [-0.2, -0.15) is 0 Å². The first-order chi connectivity index (χ1) is 8.65. The molecule has 1 aliphatic rings. The fourth-order valence-corrected chi connectivity index (χ4v) is 2.14. The van der Waals surface area contributed by atoms with Crippen LogP contribution in [-0.2, 0) is 20.7 Å². The minimum atomic E-state index is -2.54. The summed E-state index contributed by atoms with van der Waals surface area (Å²) in [6.07, 6.45) is -3.03. The second-order valence-electron chi connectivity index (χ2n) is 3.97. The van der Waals surface area contributed by atoms with Gasteiger partial charge in [-0.25, -0.2) is 13.6 Å². The van der Waals surface area contributed by atoms with Crippen LogP contribution in [-0.4, -0.2) is 19.2 Å². The normalized spacial score (nSPS) is 18.6. The van der Waals surface area contributed by atoms with Crippen molar-refractivity contribution >= 4 is 5.97 Å². The van der Waals surface area contributed by atoms with Crippen molar-refractivity contribution in [3.05, 3.63) is 34.9 Å². The van der Waals surface area contributed by atoms with Gasteiger partial charge in [0.2, 0.25) is 0 Å². The second-order valence-corrected chi connectivity index (χ2v) is 3.97. The van der Waals surface area contributed by atoms with Gasteiger partial charge in [0.25, 0.3) is 6.43 Å². The summed E-state index contributed by atoms with van der Waals surface area (Å²) in [5.74, 6) is -0.523. The van der Waals surface area contributed by atoms with Gasteiger partial charge in [0.1, 0.15) is 0 Å². The van der Waals surface area contributed by atoms with E-state index in [1.807, 2.05) is 0 Å². The van der Waals surface area contributed by atoms with E-state index >= 15 is 0 Å². The highest BCUT2D eigenvalue weighted by Gasteiger charge is 2.31. The Labute approximate surface area is 104 Å². The summed E-state index contributed by atoms with van der Waals surface area (Å²) >= 11 is 0. The number of fused-ring (bicyclic) bond motifs is 1. The lowest BCUT2D eigenvalue weighted by atomic mass is 9.93. The van der Waals surface area contributed by atoms with Crippen molar-refractivity contribution in [2.75, 3.05) is 13.2 Å². The number of hydrogen-bond acceptors (Lipinski definition) is 3. The molecular weight excluding hydrogens is 242 g/mol. The first kappa shape index (κ1) is 13.0. The number of alkyl halides is 2. The number of hydrogen-bond donors (Lipinski definition) is 0. The van der Waals surface area contributed by atoms with Crippen LogP contribution in [0, 0.1) is 0 Å². The topological polar surface area (TPSA) is 35.5 Å². The van der Waals surface area contributed by atoms with Crippen LogP contribution in [0.15, 0.2) is 18.2 Å². The minimum Gasteiger partial charge on any atom is -0.464 e. The minimum absolute atomic E-state index is 0.0231. The molecule has 0 fully saturated rings. The van der Waals surface area contributed by atoms with E-state index in [0.29, 0.717) is 17.5 Å². The summed E-state index contributed by atoms with van der Waals surface area (Å²) < 4.78 is 36.0. The molecule has 2 rings (SSSR count). The molecule has 0 saturated heterocycles. The SMILES string of the molecule is CCOC(=O)C1OCCc2c(C(F)F)cccc21. The monoisotopic (exact) mass is 256 g/mol. The number of benzene rings is 1. The molecule has 1 aliphatic heterocycles. The van der Waals surface area contributed by atoms with Gasteiger partial charge in [0.15, 0.2) is 6.10 Å². The van der Waals surface area contributed by atoms with Crippen LogP contribution < -0.4 is 0 Å². The smallest absolute Gasteiger partial charge is 0.339 e. The Balaban J connectivity index is 2.38. The standard InChI is InChI=1S/C13H14F2O3/c1-2-17-13(16)11-9-4-3-5-10(12(14)15)8(9)6-7-18-11/h3-5,11-12H,2,6-7H2,1H3. The summed E-state index contributed by atoms with van der Waals surface area (Å²) in [5, 5.41) is 0. The van der Waals surface area contributed by atoms with Crippen LogP contribution in [0.5, 0.6) is 0 Å². The maximum Gasteiger partial charge on any atom is 0.339 e. The third kappa shape index (κ3) is 2.36. The number of carbonyl (C=O) groups is 1. The zero-order chi connectivity index (χ0) is 13.1. The number of esters is 1. The molecule has 1 atom stereocenters. The molecule has 5 heteroatoms.